The first-order valence-corrected chi connectivity index (χ1v) is 9.79. The third-order valence-corrected chi connectivity index (χ3v) is 5.97. The first-order valence-electron chi connectivity index (χ1n) is 9.41. The molecule has 0 spiro atoms. The average Bonchev–Trinajstić information content (AvgIpc) is 3.10. The molecule has 1 aromatic rings. The number of nitriles is 1. The number of likely N-dealkylation sites (tertiary alicyclic amines) is 1. The van der Waals surface area contributed by atoms with Gasteiger partial charge in [0.15, 0.2) is 0 Å². The maximum absolute atomic E-state index is 11.6. The number of nitrogens with zero attached hydrogens (tertiary/aromatic N) is 2. The van der Waals surface area contributed by atoms with E-state index in [0.717, 1.165) is 50.8 Å². The van der Waals surface area contributed by atoms with E-state index in [-0.39, 0.29) is 12.1 Å². The Balaban J connectivity index is 1.57. The summed E-state index contributed by atoms with van der Waals surface area (Å²) in [5, 5.41) is 13.5. The van der Waals surface area contributed by atoms with Crippen LogP contribution in [0.3, 0.4) is 0 Å². The van der Waals surface area contributed by atoms with Crippen molar-refractivity contribution < 1.29 is 9.53 Å². The number of carbonyl (C=O) groups excluding carboxylic acids is 1. The molecule has 1 unspecified atom stereocenters. The second kappa shape index (κ2) is 8.28. The first kappa shape index (κ1) is 19.0. The van der Waals surface area contributed by atoms with Crippen molar-refractivity contribution >= 4 is 17.7 Å². The van der Waals surface area contributed by atoms with E-state index in [9.17, 15) is 10.1 Å². The molecule has 1 aromatic carbocycles. The molecule has 1 heterocycles. The Morgan fingerprint density at radius 2 is 2.19 bits per heavy atom. The number of halogens is 1. The lowest BCUT2D eigenvalue weighted by Gasteiger charge is -2.39. The highest BCUT2D eigenvalue weighted by atomic mass is 35.5. The van der Waals surface area contributed by atoms with Gasteiger partial charge in [-0.25, -0.2) is 4.79 Å². The molecule has 5 nitrogen and oxygen atoms in total. The first-order chi connectivity index (χ1) is 12.6. The van der Waals surface area contributed by atoms with Crippen molar-refractivity contribution in [1.29, 1.82) is 5.26 Å². The third-order valence-electron chi connectivity index (χ3n) is 5.73. The molecule has 0 bridgehead atoms. The van der Waals surface area contributed by atoms with E-state index in [1.165, 1.54) is 0 Å². The molecular weight excluding hydrogens is 350 g/mol. The molecule has 1 saturated carbocycles. The van der Waals surface area contributed by atoms with Gasteiger partial charge in [-0.2, -0.15) is 5.26 Å². The topological polar surface area (TPSA) is 65.4 Å². The van der Waals surface area contributed by atoms with Gasteiger partial charge >= 0.3 is 6.09 Å². The van der Waals surface area contributed by atoms with Gasteiger partial charge in [0, 0.05) is 30.2 Å². The smallest absolute Gasteiger partial charge is 0.407 e. The Morgan fingerprint density at radius 1 is 1.42 bits per heavy atom. The fraction of sp³-hybridized carbons (Fsp3) is 0.600. The van der Waals surface area contributed by atoms with Crippen LogP contribution in [0.15, 0.2) is 24.3 Å². The summed E-state index contributed by atoms with van der Waals surface area (Å²) >= 11 is 6.13. The van der Waals surface area contributed by atoms with Crippen LogP contribution in [0, 0.1) is 11.3 Å². The summed E-state index contributed by atoms with van der Waals surface area (Å²) in [6.07, 6.45) is 4.31. The molecule has 2 aliphatic rings. The Bertz CT molecular complexity index is 680. The predicted octanol–water partition coefficient (Wildman–Crippen LogP) is 3.86. The van der Waals surface area contributed by atoms with Crippen molar-refractivity contribution in [2.45, 2.75) is 56.5 Å². The molecule has 1 amide bonds. The van der Waals surface area contributed by atoms with Gasteiger partial charge in [0.05, 0.1) is 18.1 Å². The molecule has 2 fully saturated rings. The van der Waals surface area contributed by atoms with Crippen LogP contribution >= 0.6 is 11.6 Å². The summed E-state index contributed by atoms with van der Waals surface area (Å²) in [6.45, 7) is 4.05. The SMILES string of the molecule is CCOC(=O)NC1CCN(C2CCC(C#N)(c3cccc(Cl)c3)CC2)C1. The number of nitrogens with one attached hydrogen (secondary N) is 1. The van der Waals surface area contributed by atoms with Crippen LogP contribution in [0.4, 0.5) is 4.79 Å². The zero-order chi connectivity index (χ0) is 18.6. The monoisotopic (exact) mass is 375 g/mol. The summed E-state index contributed by atoms with van der Waals surface area (Å²) in [6, 6.07) is 10.9. The second-order valence-electron chi connectivity index (χ2n) is 7.28. The molecule has 0 radical (unpaired) electrons. The molecule has 1 N–H and O–H groups in total. The van der Waals surface area contributed by atoms with Crippen LogP contribution in [0.2, 0.25) is 5.02 Å². The van der Waals surface area contributed by atoms with E-state index in [0.29, 0.717) is 17.7 Å². The Morgan fingerprint density at radius 3 is 2.85 bits per heavy atom. The number of hydrogen-bond acceptors (Lipinski definition) is 4. The van der Waals surface area contributed by atoms with E-state index in [1.807, 2.05) is 31.2 Å². The highest BCUT2D eigenvalue weighted by molar-refractivity contribution is 6.30. The molecule has 26 heavy (non-hydrogen) atoms. The Labute approximate surface area is 160 Å². The maximum Gasteiger partial charge on any atom is 0.407 e. The molecule has 6 heteroatoms. The van der Waals surface area contributed by atoms with Crippen LogP contribution in [0.25, 0.3) is 0 Å². The predicted molar refractivity (Wildman–Crippen MR) is 101 cm³/mol. The highest BCUT2D eigenvalue weighted by Gasteiger charge is 2.40. The van der Waals surface area contributed by atoms with Gasteiger partial charge in [-0.05, 0) is 56.7 Å². The van der Waals surface area contributed by atoms with Crippen LogP contribution in [0.5, 0.6) is 0 Å². The van der Waals surface area contributed by atoms with Crippen LogP contribution < -0.4 is 5.32 Å². The summed E-state index contributed by atoms with van der Waals surface area (Å²) < 4.78 is 4.97. The zero-order valence-corrected chi connectivity index (χ0v) is 16.0. The lowest BCUT2D eigenvalue weighted by atomic mass is 9.69. The van der Waals surface area contributed by atoms with Crippen LogP contribution in [-0.2, 0) is 10.2 Å². The lowest BCUT2D eigenvalue weighted by molar-refractivity contribution is 0.143. The standard InChI is InChI=1S/C20H26ClN3O2/c1-2-26-19(25)23-17-8-11-24(13-17)18-6-9-20(14-22,10-7-18)15-4-3-5-16(21)12-15/h3-5,12,17-18H,2,6-11,13H2,1H3,(H,23,25). The van der Waals surface area contributed by atoms with Crippen molar-refractivity contribution in [1.82, 2.24) is 10.2 Å². The molecule has 1 aliphatic carbocycles. The minimum absolute atomic E-state index is 0.157. The second-order valence-corrected chi connectivity index (χ2v) is 7.72. The normalized spacial score (nSPS) is 29.1. The van der Waals surface area contributed by atoms with Crippen molar-refractivity contribution in [2.24, 2.45) is 0 Å². The molecule has 0 aromatic heterocycles. The van der Waals surface area contributed by atoms with Gasteiger partial charge < -0.3 is 10.1 Å². The summed E-state index contributed by atoms with van der Waals surface area (Å²) in [5.41, 5.74) is 0.609. The number of carbonyl (C=O) groups is 1. The average molecular weight is 376 g/mol. The van der Waals surface area contributed by atoms with Gasteiger partial charge in [0.1, 0.15) is 0 Å². The largest absolute Gasteiger partial charge is 0.450 e. The number of rotatable bonds is 4. The van der Waals surface area contributed by atoms with Crippen LogP contribution in [0.1, 0.15) is 44.6 Å². The molecule has 3 rings (SSSR count). The van der Waals surface area contributed by atoms with Crippen molar-refractivity contribution in [3.05, 3.63) is 34.9 Å². The van der Waals surface area contributed by atoms with Gasteiger partial charge in [0.25, 0.3) is 0 Å². The quantitative estimate of drug-likeness (QED) is 0.867. The fourth-order valence-corrected chi connectivity index (χ4v) is 4.48. The number of benzene rings is 1. The molecule has 1 aliphatic heterocycles. The number of ether oxygens (including phenoxy) is 1. The van der Waals surface area contributed by atoms with E-state index in [1.54, 1.807) is 0 Å². The van der Waals surface area contributed by atoms with E-state index >= 15 is 0 Å². The number of alkyl carbamates (subject to hydrolysis) is 1. The maximum atomic E-state index is 11.6. The van der Waals surface area contributed by atoms with E-state index in [2.05, 4.69) is 16.3 Å². The fourth-order valence-electron chi connectivity index (χ4n) is 4.29. The highest BCUT2D eigenvalue weighted by Crippen LogP contribution is 2.41. The Hall–Kier alpha value is -1.77. The molecular formula is C20H26ClN3O2. The summed E-state index contributed by atoms with van der Waals surface area (Å²) in [7, 11) is 0. The van der Waals surface area contributed by atoms with Gasteiger partial charge in [0.2, 0.25) is 0 Å². The van der Waals surface area contributed by atoms with Crippen molar-refractivity contribution in [3.8, 4) is 6.07 Å². The molecule has 140 valence electrons. The van der Waals surface area contributed by atoms with Gasteiger partial charge in [-0.1, -0.05) is 23.7 Å². The number of hydrogen-bond donors (Lipinski definition) is 1. The van der Waals surface area contributed by atoms with Gasteiger partial charge in [-0.15, -0.1) is 0 Å². The van der Waals surface area contributed by atoms with Crippen molar-refractivity contribution in [2.75, 3.05) is 19.7 Å². The summed E-state index contributed by atoms with van der Waals surface area (Å²) in [5.74, 6) is 0. The lowest BCUT2D eigenvalue weighted by Crippen LogP contribution is -2.43. The zero-order valence-electron chi connectivity index (χ0n) is 15.2. The van der Waals surface area contributed by atoms with Crippen LogP contribution in [-0.4, -0.2) is 42.8 Å². The summed E-state index contributed by atoms with van der Waals surface area (Å²) in [4.78, 5) is 14.0. The Kier molecular flexibility index (Phi) is 6.05. The minimum Gasteiger partial charge on any atom is -0.450 e. The van der Waals surface area contributed by atoms with E-state index < -0.39 is 5.41 Å². The molecule has 1 saturated heterocycles. The molecule has 1 atom stereocenters. The third kappa shape index (κ3) is 4.13. The van der Waals surface area contributed by atoms with E-state index in [4.69, 9.17) is 16.3 Å². The van der Waals surface area contributed by atoms with Gasteiger partial charge in [-0.3, -0.25) is 4.90 Å². The van der Waals surface area contributed by atoms with Crippen molar-refractivity contribution in [3.63, 3.8) is 0 Å². The number of amides is 1. The minimum atomic E-state index is -0.427.